The number of ketones is 1. The number of hydrogen-bond acceptors (Lipinski definition) is 6. The summed E-state index contributed by atoms with van der Waals surface area (Å²) in [5.74, 6) is -0.859. The normalized spacial score (nSPS) is 12.0. The smallest absolute Gasteiger partial charge is 0.157 e. The van der Waals surface area contributed by atoms with Crippen LogP contribution >= 0.6 is 0 Å². The first kappa shape index (κ1) is 18.6. The highest BCUT2D eigenvalue weighted by molar-refractivity contribution is 5.78. The summed E-state index contributed by atoms with van der Waals surface area (Å²) in [4.78, 5) is 11.9. The fourth-order valence-electron chi connectivity index (χ4n) is 2.53. The van der Waals surface area contributed by atoms with Crippen molar-refractivity contribution in [3.8, 4) is 23.0 Å². The number of carbonyl (C=O) groups excluding carboxylic acids is 1. The molecule has 1 atom stereocenters. The number of Topliss-reactive ketones (excluding diaryl/α,β-unsaturated/α-hetero) is 1. The lowest BCUT2D eigenvalue weighted by Gasteiger charge is -2.11. The Balaban J connectivity index is 1.75. The number of benzene rings is 2. The molecule has 0 amide bonds. The number of phenols is 4. The van der Waals surface area contributed by atoms with Gasteiger partial charge in [0.15, 0.2) is 23.0 Å². The molecule has 0 spiro atoms. The van der Waals surface area contributed by atoms with Crippen LogP contribution < -0.4 is 0 Å². The van der Waals surface area contributed by atoms with E-state index < -0.39 is 6.10 Å². The molecule has 5 N–H and O–H groups in total. The summed E-state index contributed by atoms with van der Waals surface area (Å²) in [5.41, 5.74) is 1.43. The topological polar surface area (TPSA) is 118 Å². The molecule has 0 fully saturated rings. The van der Waals surface area contributed by atoms with Gasteiger partial charge in [-0.2, -0.15) is 0 Å². The van der Waals surface area contributed by atoms with E-state index in [0.29, 0.717) is 18.4 Å². The van der Waals surface area contributed by atoms with Gasteiger partial charge in [-0.3, -0.25) is 4.79 Å². The summed E-state index contributed by atoms with van der Waals surface area (Å²) < 4.78 is 0. The van der Waals surface area contributed by atoms with Crippen LogP contribution in [0.5, 0.6) is 23.0 Å². The Kier molecular flexibility index (Phi) is 6.25. The molecule has 6 heteroatoms. The molecule has 2 aromatic rings. The number of hydrogen-bond donors (Lipinski definition) is 5. The average Bonchev–Trinajstić information content (AvgIpc) is 2.57. The van der Waals surface area contributed by atoms with Crippen molar-refractivity contribution >= 4 is 5.78 Å². The minimum absolute atomic E-state index is 0.000156. The molecule has 0 bridgehead atoms. The van der Waals surface area contributed by atoms with Crippen LogP contribution in [0.15, 0.2) is 36.4 Å². The first-order valence-corrected chi connectivity index (χ1v) is 8.06. The van der Waals surface area contributed by atoms with Crippen LogP contribution in [-0.4, -0.2) is 37.4 Å². The standard InChI is InChI=1S/C19H22O6/c20-14(4-1-12-2-7-16(22)18(24)10-12)5-6-15(21)9-13-3-8-17(23)19(25)11-13/h2-3,7-8,10-11,15,21-25H,1,4-6,9H2/t15-/m1/s1. The molecule has 2 rings (SSSR count). The van der Waals surface area contributed by atoms with Crippen LogP contribution in [0, 0.1) is 0 Å². The van der Waals surface area contributed by atoms with Crippen molar-refractivity contribution in [2.24, 2.45) is 0 Å². The number of aliphatic hydroxyl groups excluding tert-OH is 1. The average molecular weight is 346 g/mol. The summed E-state index contributed by atoms with van der Waals surface area (Å²) in [7, 11) is 0. The second-order valence-electron chi connectivity index (χ2n) is 6.08. The Morgan fingerprint density at radius 1 is 0.800 bits per heavy atom. The van der Waals surface area contributed by atoms with Crippen molar-refractivity contribution in [2.45, 2.75) is 38.2 Å². The van der Waals surface area contributed by atoms with E-state index in [2.05, 4.69) is 0 Å². The van der Waals surface area contributed by atoms with Crippen molar-refractivity contribution < 1.29 is 30.3 Å². The largest absolute Gasteiger partial charge is 0.504 e. The van der Waals surface area contributed by atoms with Gasteiger partial charge in [0.1, 0.15) is 5.78 Å². The van der Waals surface area contributed by atoms with Gasteiger partial charge >= 0.3 is 0 Å². The van der Waals surface area contributed by atoms with Gasteiger partial charge in [-0.1, -0.05) is 12.1 Å². The molecule has 0 saturated carbocycles. The van der Waals surface area contributed by atoms with Gasteiger partial charge in [-0.25, -0.2) is 0 Å². The summed E-state index contributed by atoms with van der Waals surface area (Å²) in [6.45, 7) is 0. The lowest BCUT2D eigenvalue weighted by atomic mass is 10.00. The third-order valence-electron chi connectivity index (χ3n) is 4.00. The number of rotatable bonds is 8. The van der Waals surface area contributed by atoms with Crippen molar-refractivity contribution in [1.82, 2.24) is 0 Å². The van der Waals surface area contributed by atoms with E-state index in [4.69, 9.17) is 0 Å². The van der Waals surface area contributed by atoms with E-state index in [1.807, 2.05) is 0 Å². The molecule has 0 radical (unpaired) electrons. The van der Waals surface area contributed by atoms with Gasteiger partial charge in [0.25, 0.3) is 0 Å². The van der Waals surface area contributed by atoms with Crippen molar-refractivity contribution in [2.75, 3.05) is 0 Å². The van der Waals surface area contributed by atoms with Gasteiger partial charge in [0.2, 0.25) is 0 Å². The second kappa shape index (κ2) is 8.39. The van der Waals surface area contributed by atoms with Gasteiger partial charge in [-0.05, 0) is 54.7 Å². The van der Waals surface area contributed by atoms with Crippen molar-refractivity contribution in [1.29, 1.82) is 0 Å². The fraction of sp³-hybridized carbons (Fsp3) is 0.316. The van der Waals surface area contributed by atoms with Crippen LogP contribution in [0.3, 0.4) is 0 Å². The number of phenolic OH excluding ortho intramolecular Hbond substituents is 4. The number of carbonyl (C=O) groups is 1. The Hall–Kier alpha value is -2.73. The Morgan fingerprint density at radius 2 is 1.36 bits per heavy atom. The van der Waals surface area contributed by atoms with E-state index in [1.165, 1.54) is 24.3 Å². The van der Waals surface area contributed by atoms with Crippen LogP contribution in [0.25, 0.3) is 0 Å². The molecule has 134 valence electrons. The third-order valence-corrected chi connectivity index (χ3v) is 4.00. The van der Waals surface area contributed by atoms with Crippen molar-refractivity contribution in [3.05, 3.63) is 47.5 Å². The first-order valence-electron chi connectivity index (χ1n) is 8.06. The molecule has 0 aliphatic heterocycles. The lowest BCUT2D eigenvalue weighted by molar-refractivity contribution is -0.119. The molecular weight excluding hydrogens is 324 g/mol. The highest BCUT2D eigenvalue weighted by atomic mass is 16.3. The molecule has 0 aromatic heterocycles. The van der Waals surface area contributed by atoms with Gasteiger partial charge in [-0.15, -0.1) is 0 Å². The highest BCUT2D eigenvalue weighted by Gasteiger charge is 2.11. The summed E-state index contributed by atoms with van der Waals surface area (Å²) in [6, 6.07) is 8.81. The van der Waals surface area contributed by atoms with Gasteiger partial charge in [0.05, 0.1) is 6.10 Å². The van der Waals surface area contributed by atoms with Gasteiger partial charge < -0.3 is 25.5 Å². The monoisotopic (exact) mass is 346 g/mol. The molecule has 25 heavy (non-hydrogen) atoms. The van der Waals surface area contributed by atoms with E-state index >= 15 is 0 Å². The predicted octanol–water partition coefficient (Wildman–Crippen LogP) is 2.39. The number of aliphatic hydroxyl groups is 1. The van der Waals surface area contributed by atoms with Crippen LogP contribution in [0.2, 0.25) is 0 Å². The molecule has 0 saturated heterocycles. The van der Waals surface area contributed by atoms with E-state index in [-0.39, 0.29) is 48.0 Å². The molecule has 0 aliphatic rings. The van der Waals surface area contributed by atoms with Crippen LogP contribution in [0.1, 0.15) is 30.4 Å². The molecule has 6 nitrogen and oxygen atoms in total. The van der Waals surface area contributed by atoms with Crippen molar-refractivity contribution in [3.63, 3.8) is 0 Å². The third kappa shape index (κ3) is 5.69. The minimum atomic E-state index is -0.717. The first-order chi connectivity index (χ1) is 11.8. The Morgan fingerprint density at radius 3 is 1.96 bits per heavy atom. The SMILES string of the molecule is O=C(CCc1ccc(O)c(O)c1)CC[C@@H](O)Cc1ccc(O)c(O)c1. The Bertz CT molecular complexity index is 741. The number of aryl methyl sites for hydroxylation is 1. The Labute approximate surface area is 145 Å². The zero-order valence-electron chi connectivity index (χ0n) is 13.7. The van der Waals surface area contributed by atoms with E-state index in [0.717, 1.165) is 5.56 Å². The summed E-state index contributed by atoms with van der Waals surface area (Å²) >= 11 is 0. The van der Waals surface area contributed by atoms with E-state index in [9.17, 15) is 30.3 Å². The van der Waals surface area contributed by atoms with Crippen LogP contribution in [0.4, 0.5) is 0 Å². The molecule has 0 aliphatic carbocycles. The summed E-state index contributed by atoms with van der Waals surface area (Å²) in [6.07, 6.45) is 0.848. The maximum atomic E-state index is 11.9. The molecular formula is C19H22O6. The fourth-order valence-corrected chi connectivity index (χ4v) is 2.53. The van der Waals surface area contributed by atoms with E-state index in [1.54, 1.807) is 12.1 Å². The zero-order valence-corrected chi connectivity index (χ0v) is 13.7. The second-order valence-corrected chi connectivity index (χ2v) is 6.08. The lowest BCUT2D eigenvalue weighted by Crippen LogP contribution is -2.13. The maximum Gasteiger partial charge on any atom is 0.157 e. The number of aromatic hydroxyl groups is 4. The van der Waals surface area contributed by atoms with Crippen LogP contribution in [-0.2, 0) is 17.6 Å². The molecule has 0 unspecified atom stereocenters. The van der Waals surface area contributed by atoms with Gasteiger partial charge in [0, 0.05) is 12.8 Å². The predicted molar refractivity (Wildman–Crippen MR) is 91.8 cm³/mol. The quantitative estimate of drug-likeness (QED) is 0.468. The molecule has 2 aromatic carbocycles. The maximum absolute atomic E-state index is 11.9. The molecule has 0 heterocycles. The minimum Gasteiger partial charge on any atom is -0.504 e. The summed E-state index contributed by atoms with van der Waals surface area (Å²) in [5, 5.41) is 47.3. The highest BCUT2D eigenvalue weighted by Crippen LogP contribution is 2.26. The zero-order chi connectivity index (χ0) is 18.4.